The molecule has 0 spiro atoms. The Hall–Kier alpha value is -2.49. The maximum atomic E-state index is 13.0. The molecule has 0 heterocycles. The Balaban J connectivity index is 1.91. The molecule has 5 nitrogen and oxygen atoms in total. The lowest BCUT2D eigenvalue weighted by atomic mass is 10.00. The van der Waals surface area contributed by atoms with Gasteiger partial charge in [0.25, 0.3) is 5.91 Å². The Bertz CT molecular complexity index is 614. The second-order valence-electron chi connectivity index (χ2n) is 5.18. The van der Waals surface area contributed by atoms with Crippen molar-refractivity contribution in [1.29, 1.82) is 5.26 Å². The van der Waals surface area contributed by atoms with Crippen LogP contribution in [-0.4, -0.2) is 24.0 Å². The van der Waals surface area contributed by atoms with Gasteiger partial charge in [-0.1, -0.05) is 0 Å². The average molecular weight is 308 g/mol. The zero-order valence-electron chi connectivity index (χ0n) is 11.7. The molecule has 1 amide bonds. The smallest absolute Gasteiger partial charge is 0.338 e. The van der Waals surface area contributed by atoms with Crippen LogP contribution in [0.5, 0.6) is 0 Å². The van der Waals surface area contributed by atoms with Gasteiger partial charge in [-0.05, 0) is 37.8 Å². The molecule has 1 aliphatic rings. The highest BCUT2D eigenvalue weighted by Gasteiger charge is 2.35. The van der Waals surface area contributed by atoms with Crippen LogP contribution < -0.4 is 5.32 Å². The second kappa shape index (κ2) is 6.52. The number of rotatable bonds is 4. The van der Waals surface area contributed by atoms with Gasteiger partial charge in [0.1, 0.15) is 17.2 Å². The SMILES string of the molecule is N#CC1(NC(=O)COC(=O)c2cc(F)cc(F)c2)CCCC1. The summed E-state index contributed by atoms with van der Waals surface area (Å²) in [6.07, 6.45) is 2.79. The summed E-state index contributed by atoms with van der Waals surface area (Å²) in [6, 6.07) is 4.33. The summed E-state index contributed by atoms with van der Waals surface area (Å²) in [6.45, 7) is -0.611. The fourth-order valence-electron chi connectivity index (χ4n) is 2.43. The van der Waals surface area contributed by atoms with E-state index in [2.05, 4.69) is 11.4 Å². The van der Waals surface area contributed by atoms with Crippen molar-refractivity contribution in [1.82, 2.24) is 5.32 Å². The minimum absolute atomic E-state index is 0.318. The Morgan fingerprint density at radius 3 is 2.36 bits per heavy atom. The van der Waals surface area contributed by atoms with Gasteiger partial charge < -0.3 is 10.1 Å². The van der Waals surface area contributed by atoms with E-state index in [1.807, 2.05) is 0 Å². The van der Waals surface area contributed by atoms with Crippen molar-refractivity contribution >= 4 is 11.9 Å². The Kier molecular flexibility index (Phi) is 4.71. The molecule has 1 saturated carbocycles. The van der Waals surface area contributed by atoms with E-state index >= 15 is 0 Å². The summed E-state index contributed by atoms with van der Waals surface area (Å²) in [7, 11) is 0. The van der Waals surface area contributed by atoms with Gasteiger partial charge >= 0.3 is 5.97 Å². The number of hydrogen-bond acceptors (Lipinski definition) is 4. The molecule has 1 aliphatic carbocycles. The minimum atomic E-state index is -1.01. The topological polar surface area (TPSA) is 79.2 Å². The van der Waals surface area contributed by atoms with Crippen LogP contribution in [0.4, 0.5) is 8.78 Å². The molecule has 0 radical (unpaired) electrons. The van der Waals surface area contributed by atoms with Gasteiger partial charge in [0, 0.05) is 6.07 Å². The van der Waals surface area contributed by atoms with Crippen LogP contribution in [0, 0.1) is 23.0 Å². The molecule has 1 fully saturated rings. The fraction of sp³-hybridized carbons (Fsp3) is 0.400. The standard InChI is InChI=1S/C15H14F2N2O3/c16-11-5-10(6-12(17)7-11)14(21)22-8-13(20)19-15(9-18)3-1-2-4-15/h5-7H,1-4,8H2,(H,19,20). The first-order valence-electron chi connectivity index (χ1n) is 6.80. The van der Waals surface area contributed by atoms with Crippen molar-refractivity contribution in [3.8, 4) is 6.07 Å². The van der Waals surface area contributed by atoms with E-state index in [1.54, 1.807) is 0 Å². The second-order valence-corrected chi connectivity index (χ2v) is 5.18. The van der Waals surface area contributed by atoms with E-state index < -0.39 is 35.7 Å². The van der Waals surface area contributed by atoms with Crippen molar-refractivity contribution in [2.24, 2.45) is 0 Å². The van der Waals surface area contributed by atoms with Gasteiger partial charge in [-0.3, -0.25) is 4.79 Å². The maximum absolute atomic E-state index is 13.0. The number of carbonyl (C=O) groups is 2. The molecule has 0 aromatic heterocycles. The molecule has 0 saturated heterocycles. The Labute approximate surface area is 125 Å². The summed E-state index contributed by atoms with van der Waals surface area (Å²) in [5.41, 5.74) is -1.23. The monoisotopic (exact) mass is 308 g/mol. The summed E-state index contributed by atoms with van der Waals surface area (Å²) >= 11 is 0. The number of nitrogens with zero attached hydrogens (tertiary/aromatic N) is 1. The lowest BCUT2D eigenvalue weighted by Crippen LogP contribution is -2.46. The number of nitriles is 1. The first kappa shape index (κ1) is 15.9. The molecule has 22 heavy (non-hydrogen) atoms. The summed E-state index contributed by atoms with van der Waals surface area (Å²) in [5, 5.41) is 11.7. The number of halogens is 2. The lowest BCUT2D eigenvalue weighted by molar-refractivity contribution is -0.125. The van der Waals surface area contributed by atoms with Crippen LogP contribution in [0.2, 0.25) is 0 Å². The molecule has 116 valence electrons. The van der Waals surface area contributed by atoms with Crippen molar-refractivity contribution in [3.05, 3.63) is 35.4 Å². The van der Waals surface area contributed by atoms with Crippen LogP contribution in [0.3, 0.4) is 0 Å². The molecule has 1 aromatic carbocycles. The Morgan fingerprint density at radius 2 is 1.82 bits per heavy atom. The molecular formula is C15H14F2N2O3. The lowest BCUT2D eigenvalue weighted by Gasteiger charge is -2.21. The predicted molar refractivity (Wildman–Crippen MR) is 71.6 cm³/mol. The third kappa shape index (κ3) is 3.79. The number of nitrogens with one attached hydrogen (secondary N) is 1. The minimum Gasteiger partial charge on any atom is -0.452 e. The van der Waals surface area contributed by atoms with Gasteiger partial charge in [-0.25, -0.2) is 13.6 Å². The van der Waals surface area contributed by atoms with Crippen molar-refractivity contribution in [2.75, 3.05) is 6.61 Å². The molecule has 0 unspecified atom stereocenters. The first-order chi connectivity index (χ1) is 10.4. The van der Waals surface area contributed by atoms with Crippen molar-refractivity contribution < 1.29 is 23.1 Å². The first-order valence-corrected chi connectivity index (χ1v) is 6.80. The molecule has 0 bridgehead atoms. The highest BCUT2D eigenvalue weighted by molar-refractivity contribution is 5.91. The summed E-state index contributed by atoms with van der Waals surface area (Å²) < 4.78 is 30.7. The van der Waals surface area contributed by atoms with E-state index in [1.165, 1.54) is 0 Å². The molecule has 1 N–H and O–H groups in total. The van der Waals surface area contributed by atoms with Gasteiger partial charge in [-0.2, -0.15) is 5.26 Å². The van der Waals surface area contributed by atoms with E-state index in [0.29, 0.717) is 18.9 Å². The number of benzene rings is 1. The number of amides is 1. The fourth-order valence-corrected chi connectivity index (χ4v) is 2.43. The molecule has 1 aromatic rings. The zero-order valence-corrected chi connectivity index (χ0v) is 11.7. The summed E-state index contributed by atoms with van der Waals surface area (Å²) in [4.78, 5) is 23.4. The summed E-state index contributed by atoms with van der Waals surface area (Å²) in [5.74, 6) is -3.45. The normalized spacial score (nSPS) is 15.9. The van der Waals surface area contributed by atoms with Gasteiger partial charge in [-0.15, -0.1) is 0 Å². The highest BCUT2D eigenvalue weighted by atomic mass is 19.1. The predicted octanol–water partition coefficient (Wildman–Crippen LogP) is 2.07. The molecule has 0 aliphatic heterocycles. The van der Waals surface area contributed by atoms with Crippen LogP contribution >= 0.6 is 0 Å². The quantitative estimate of drug-likeness (QED) is 0.864. The van der Waals surface area contributed by atoms with E-state index in [-0.39, 0.29) is 5.56 Å². The van der Waals surface area contributed by atoms with Gasteiger partial charge in [0.2, 0.25) is 0 Å². The number of esters is 1. The number of carbonyl (C=O) groups excluding carboxylic acids is 2. The maximum Gasteiger partial charge on any atom is 0.338 e. The van der Waals surface area contributed by atoms with Crippen molar-refractivity contribution in [3.63, 3.8) is 0 Å². The third-order valence-corrected chi connectivity index (χ3v) is 3.48. The van der Waals surface area contributed by atoms with Crippen LogP contribution in [0.15, 0.2) is 18.2 Å². The number of hydrogen-bond donors (Lipinski definition) is 1. The van der Waals surface area contributed by atoms with E-state index in [0.717, 1.165) is 25.0 Å². The third-order valence-electron chi connectivity index (χ3n) is 3.48. The Morgan fingerprint density at radius 1 is 1.23 bits per heavy atom. The molecule has 0 atom stereocenters. The van der Waals surface area contributed by atoms with Crippen LogP contribution in [0.1, 0.15) is 36.0 Å². The highest BCUT2D eigenvalue weighted by Crippen LogP contribution is 2.28. The van der Waals surface area contributed by atoms with Crippen LogP contribution in [-0.2, 0) is 9.53 Å². The average Bonchev–Trinajstić information content (AvgIpc) is 2.92. The molecule has 2 rings (SSSR count). The van der Waals surface area contributed by atoms with Gasteiger partial charge in [0.15, 0.2) is 6.61 Å². The molecule has 7 heteroatoms. The van der Waals surface area contributed by atoms with Crippen LogP contribution in [0.25, 0.3) is 0 Å². The van der Waals surface area contributed by atoms with E-state index in [9.17, 15) is 18.4 Å². The zero-order chi connectivity index (χ0) is 16.2. The molecular weight excluding hydrogens is 294 g/mol. The van der Waals surface area contributed by atoms with E-state index in [4.69, 9.17) is 10.00 Å². The van der Waals surface area contributed by atoms with Gasteiger partial charge in [0.05, 0.1) is 11.6 Å². The number of ether oxygens (including phenoxy) is 1. The largest absolute Gasteiger partial charge is 0.452 e. The van der Waals surface area contributed by atoms with Crippen molar-refractivity contribution in [2.45, 2.75) is 31.2 Å².